The summed E-state index contributed by atoms with van der Waals surface area (Å²) in [5.74, 6) is -1.36. The van der Waals surface area contributed by atoms with Gasteiger partial charge in [0.2, 0.25) is 5.91 Å². The number of carbonyl (C=O) groups is 3. The number of rotatable bonds is 8. The molecule has 1 atom stereocenters. The minimum absolute atomic E-state index is 0.108. The molecule has 3 amide bonds. The first-order valence-electron chi connectivity index (χ1n) is 10.2. The zero-order chi connectivity index (χ0) is 23.1. The second-order valence-electron chi connectivity index (χ2n) is 7.37. The maximum absolute atomic E-state index is 12.9. The van der Waals surface area contributed by atoms with Gasteiger partial charge in [-0.3, -0.25) is 24.5 Å². The first-order chi connectivity index (χ1) is 15.4. The highest BCUT2D eigenvalue weighted by Crippen LogP contribution is 2.21. The molecule has 1 saturated heterocycles. The Bertz CT molecular complexity index is 994. The molecule has 10 heteroatoms. The lowest BCUT2D eigenvalue weighted by atomic mass is 10.1. The molecule has 32 heavy (non-hydrogen) atoms. The van der Waals surface area contributed by atoms with E-state index in [1.165, 1.54) is 53.4 Å². The number of carbonyl (C=O) groups excluding carboxylic acids is 3. The third-order valence-corrected chi connectivity index (χ3v) is 5.19. The summed E-state index contributed by atoms with van der Waals surface area (Å²) < 4.78 is 12.9. The predicted molar refractivity (Wildman–Crippen MR) is 114 cm³/mol. The summed E-state index contributed by atoms with van der Waals surface area (Å²) >= 11 is 0. The zero-order valence-corrected chi connectivity index (χ0v) is 17.3. The van der Waals surface area contributed by atoms with E-state index in [-0.39, 0.29) is 23.4 Å². The molecule has 2 N–H and O–H groups in total. The first kappa shape index (κ1) is 22.9. The Kier molecular flexibility index (Phi) is 7.48. The number of benzene rings is 2. The standard InChI is InChI=1S/C22H23FN4O5/c23-17-8-4-15(5-9-17)20(28)24-12-2-13-25-21(29)19-3-1-14-26(19)22(30)16-6-10-18(11-7-16)27(31)32/h4-11,19H,1-3,12-14H2,(H,24,28)(H,25,29)/t19-/m1/s1. The molecule has 0 bridgehead atoms. The van der Waals surface area contributed by atoms with Crippen molar-refractivity contribution in [2.75, 3.05) is 19.6 Å². The van der Waals surface area contributed by atoms with Crippen molar-refractivity contribution in [2.24, 2.45) is 0 Å². The fourth-order valence-corrected chi connectivity index (χ4v) is 3.50. The van der Waals surface area contributed by atoms with Crippen molar-refractivity contribution >= 4 is 23.4 Å². The van der Waals surface area contributed by atoms with Crippen LogP contribution >= 0.6 is 0 Å². The number of non-ortho nitro benzene ring substituents is 1. The topological polar surface area (TPSA) is 122 Å². The van der Waals surface area contributed by atoms with E-state index >= 15 is 0 Å². The summed E-state index contributed by atoms with van der Waals surface area (Å²) in [5, 5.41) is 16.2. The molecule has 1 aliphatic heterocycles. The summed E-state index contributed by atoms with van der Waals surface area (Å²) in [5.41, 5.74) is 0.532. The number of nitrogens with zero attached hydrogens (tertiary/aromatic N) is 2. The summed E-state index contributed by atoms with van der Waals surface area (Å²) in [6.45, 7) is 1.08. The second kappa shape index (κ2) is 10.5. The van der Waals surface area contributed by atoms with E-state index in [1.807, 2.05) is 0 Å². The van der Waals surface area contributed by atoms with E-state index in [1.54, 1.807) is 0 Å². The number of hydrogen-bond donors (Lipinski definition) is 2. The Morgan fingerprint density at radius 3 is 2.28 bits per heavy atom. The molecule has 9 nitrogen and oxygen atoms in total. The Morgan fingerprint density at radius 2 is 1.62 bits per heavy atom. The third-order valence-electron chi connectivity index (χ3n) is 5.19. The average Bonchev–Trinajstić information content (AvgIpc) is 3.28. The lowest BCUT2D eigenvalue weighted by Crippen LogP contribution is -2.46. The summed E-state index contributed by atoms with van der Waals surface area (Å²) in [6.07, 6.45) is 1.71. The molecule has 0 radical (unpaired) electrons. The molecule has 3 rings (SSSR count). The van der Waals surface area contributed by atoms with Crippen molar-refractivity contribution in [3.05, 3.63) is 75.6 Å². The van der Waals surface area contributed by atoms with Gasteiger partial charge in [0.05, 0.1) is 4.92 Å². The van der Waals surface area contributed by atoms with E-state index in [2.05, 4.69) is 10.6 Å². The van der Waals surface area contributed by atoms with Crippen LogP contribution in [0.5, 0.6) is 0 Å². The van der Waals surface area contributed by atoms with Crippen molar-refractivity contribution < 1.29 is 23.7 Å². The largest absolute Gasteiger partial charge is 0.354 e. The molecule has 1 aliphatic rings. The normalized spacial score (nSPS) is 15.3. The van der Waals surface area contributed by atoms with Crippen LogP contribution in [-0.2, 0) is 4.79 Å². The average molecular weight is 442 g/mol. The molecular formula is C22H23FN4O5. The Labute approximate surface area is 183 Å². The van der Waals surface area contributed by atoms with E-state index in [0.717, 1.165) is 0 Å². The van der Waals surface area contributed by atoms with Crippen LogP contribution in [0.15, 0.2) is 48.5 Å². The van der Waals surface area contributed by atoms with Gasteiger partial charge >= 0.3 is 0 Å². The minimum atomic E-state index is -0.605. The molecule has 2 aromatic rings. The molecule has 1 heterocycles. The summed E-state index contributed by atoms with van der Waals surface area (Å²) in [7, 11) is 0. The first-order valence-corrected chi connectivity index (χ1v) is 10.2. The fraction of sp³-hybridized carbons (Fsp3) is 0.318. The lowest BCUT2D eigenvalue weighted by molar-refractivity contribution is -0.384. The summed E-state index contributed by atoms with van der Waals surface area (Å²) in [4.78, 5) is 49.0. The smallest absolute Gasteiger partial charge is 0.269 e. The fourth-order valence-electron chi connectivity index (χ4n) is 3.50. The van der Waals surface area contributed by atoms with Crippen molar-refractivity contribution in [1.29, 1.82) is 0 Å². The molecule has 0 saturated carbocycles. The number of likely N-dealkylation sites (tertiary alicyclic amines) is 1. The molecule has 0 aliphatic carbocycles. The van der Waals surface area contributed by atoms with Gasteiger partial charge in [-0.25, -0.2) is 4.39 Å². The van der Waals surface area contributed by atoms with Gasteiger partial charge in [0, 0.05) is 42.9 Å². The van der Waals surface area contributed by atoms with Gasteiger partial charge in [-0.1, -0.05) is 0 Å². The Morgan fingerprint density at radius 1 is 1.00 bits per heavy atom. The van der Waals surface area contributed by atoms with Gasteiger partial charge in [0.25, 0.3) is 17.5 Å². The number of hydrogen-bond acceptors (Lipinski definition) is 5. The number of halogens is 1. The lowest BCUT2D eigenvalue weighted by Gasteiger charge is -2.24. The van der Waals surface area contributed by atoms with Crippen molar-refractivity contribution in [3.63, 3.8) is 0 Å². The van der Waals surface area contributed by atoms with Crippen LogP contribution in [-0.4, -0.2) is 53.2 Å². The number of amides is 3. The van der Waals surface area contributed by atoms with Crippen LogP contribution in [0.2, 0.25) is 0 Å². The molecular weight excluding hydrogens is 419 g/mol. The van der Waals surface area contributed by atoms with Gasteiger partial charge in [-0.2, -0.15) is 0 Å². The molecule has 2 aromatic carbocycles. The van der Waals surface area contributed by atoms with Crippen LogP contribution in [0.3, 0.4) is 0 Å². The van der Waals surface area contributed by atoms with Crippen molar-refractivity contribution in [2.45, 2.75) is 25.3 Å². The van der Waals surface area contributed by atoms with Gasteiger partial charge in [0.15, 0.2) is 0 Å². The van der Waals surface area contributed by atoms with Crippen LogP contribution in [0, 0.1) is 15.9 Å². The van der Waals surface area contributed by atoms with Crippen molar-refractivity contribution in [3.8, 4) is 0 Å². The zero-order valence-electron chi connectivity index (χ0n) is 17.3. The molecule has 0 aromatic heterocycles. The SMILES string of the molecule is O=C(NCCCNC(=O)[C@H]1CCCN1C(=O)c1ccc([N+](=O)[O-])cc1)c1ccc(F)cc1. The highest BCUT2D eigenvalue weighted by atomic mass is 19.1. The minimum Gasteiger partial charge on any atom is -0.354 e. The van der Waals surface area contributed by atoms with Gasteiger partial charge in [-0.15, -0.1) is 0 Å². The molecule has 168 valence electrons. The van der Waals surface area contributed by atoms with Crippen LogP contribution < -0.4 is 10.6 Å². The van der Waals surface area contributed by atoms with Crippen LogP contribution in [0.25, 0.3) is 0 Å². The maximum Gasteiger partial charge on any atom is 0.269 e. The van der Waals surface area contributed by atoms with Crippen LogP contribution in [0.1, 0.15) is 40.0 Å². The predicted octanol–water partition coefficient (Wildman–Crippen LogP) is 2.27. The monoisotopic (exact) mass is 442 g/mol. The van der Waals surface area contributed by atoms with Gasteiger partial charge < -0.3 is 15.5 Å². The highest BCUT2D eigenvalue weighted by Gasteiger charge is 2.34. The maximum atomic E-state index is 12.9. The number of nitro groups is 1. The summed E-state index contributed by atoms with van der Waals surface area (Å²) in [6, 6.07) is 9.89. The van der Waals surface area contributed by atoms with E-state index < -0.39 is 16.8 Å². The van der Waals surface area contributed by atoms with E-state index in [0.29, 0.717) is 50.0 Å². The van der Waals surface area contributed by atoms with E-state index in [4.69, 9.17) is 0 Å². The second-order valence-corrected chi connectivity index (χ2v) is 7.37. The molecule has 1 fully saturated rings. The quantitative estimate of drug-likeness (QED) is 0.369. The molecule has 0 unspecified atom stereocenters. The van der Waals surface area contributed by atoms with Crippen LogP contribution in [0.4, 0.5) is 10.1 Å². The third kappa shape index (κ3) is 5.65. The van der Waals surface area contributed by atoms with E-state index in [9.17, 15) is 28.9 Å². The van der Waals surface area contributed by atoms with Gasteiger partial charge in [-0.05, 0) is 55.7 Å². The highest BCUT2D eigenvalue weighted by molar-refractivity contribution is 5.98. The number of nitrogens with one attached hydrogen (secondary N) is 2. The number of nitro benzene ring substituents is 1. The Balaban J connectivity index is 1.45. The van der Waals surface area contributed by atoms with Crippen molar-refractivity contribution in [1.82, 2.24) is 15.5 Å². The molecule has 0 spiro atoms. The van der Waals surface area contributed by atoms with Gasteiger partial charge in [0.1, 0.15) is 11.9 Å². The Hall–Kier alpha value is -3.82.